The number of fused-ring (bicyclic) bond motifs is 1. The van der Waals surface area contributed by atoms with Crippen LogP contribution < -0.4 is 0 Å². The lowest BCUT2D eigenvalue weighted by Crippen LogP contribution is -2.41. The van der Waals surface area contributed by atoms with Crippen LogP contribution in [0.25, 0.3) is 0 Å². The highest BCUT2D eigenvalue weighted by molar-refractivity contribution is 9.10. The van der Waals surface area contributed by atoms with Crippen molar-refractivity contribution >= 4 is 21.8 Å². The molecule has 4 rings (SSSR count). The van der Waals surface area contributed by atoms with E-state index < -0.39 is 0 Å². The number of rotatable bonds is 2. The van der Waals surface area contributed by atoms with Crippen LogP contribution in [-0.2, 0) is 13.0 Å². The number of halogens is 1. The third kappa shape index (κ3) is 3.13. The molecular weight excluding hydrogens is 364 g/mol. The molecule has 1 fully saturated rings. The van der Waals surface area contributed by atoms with Crippen LogP contribution in [0.15, 0.2) is 53.0 Å². The van der Waals surface area contributed by atoms with E-state index in [1.54, 1.807) is 0 Å². The number of hydrogen-bond donors (Lipinski definition) is 0. The largest absolute Gasteiger partial charge is 0.337 e. The van der Waals surface area contributed by atoms with Crippen LogP contribution in [0.1, 0.15) is 27.9 Å². The first kappa shape index (κ1) is 15.9. The zero-order valence-corrected chi connectivity index (χ0v) is 15.2. The van der Waals surface area contributed by atoms with Crippen LogP contribution in [0.2, 0.25) is 0 Å². The number of carbonyl (C=O) groups excluding carboxylic acids is 1. The van der Waals surface area contributed by atoms with Crippen molar-refractivity contribution in [3.8, 4) is 0 Å². The fourth-order valence-corrected chi connectivity index (χ4v) is 4.26. The summed E-state index contributed by atoms with van der Waals surface area (Å²) >= 11 is 3.45. The molecule has 0 aromatic heterocycles. The molecule has 2 aliphatic heterocycles. The van der Waals surface area contributed by atoms with Crippen molar-refractivity contribution in [3.05, 3.63) is 69.7 Å². The third-order valence-corrected chi connectivity index (χ3v) is 5.69. The first-order valence-electron chi connectivity index (χ1n) is 8.56. The summed E-state index contributed by atoms with van der Waals surface area (Å²) in [7, 11) is 0. The van der Waals surface area contributed by atoms with Gasteiger partial charge in [-0.15, -0.1) is 0 Å². The lowest BCUT2D eigenvalue weighted by molar-refractivity contribution is 0.0773. The quantitative estimate of drug-likeness (QED) is 0.787. The minimum absolute atomic E-state index is 0.149. The minimum Gasteiger partial charge on any atom is -0.337 e. The molecule has 3 nitrogen and oxygen atoms in total. The fraction of sp³-hybridized carbons (Fsp3) is 0.350. The Morgan fingerprint density at radius 1 is 1.04 bits per heavy atom. The van der Waals surface area contributed by atoms with Crippen LogP contribution in [0.5, 0.6) is 0 Å². The summed E-state index contributed by atoms with van der Waals surface area (Å²) in [4.78, 5) is 17.3. The number of amides is 1. The first-order valence-corrected chi connectivity index (χ1v) is 9.36. The zero-order chi connectivity index (χ0) is 16.5. The number of benzene rings is 2. The Morgan fingerprint density at radius 3 is 2.71 bits per heavy atom. The Morgan fingerprint density at radius 2 is 1.88 bits per heavy atom. The molecule has 1 amide bonds. The Kier molecular flexibility index (Phi) is 4.42. The Labute approximate surface area is 151 Å². The second-order valence-corrected chi connectivity index (χ2v) is 7.61. The van der Waals surface area contributed by atoms with E-state index in [1.165, 1.54) is 11.1 Å². The Balaban J connectivity index is 1.43. The summed E-state index contributed by atoms with van der Waals surface area (Å²) in [5.41, 5.74) is 3.70. The van der Waals surface area contributed by atoms with Crippen LogP contribution >= 0.6 is 15.9 Å². The lowest BCUT2D eigenvalue weighted by atomic mass is 9.98. The summed E-state index contributed by atoms with van der Waals surface area (Å²) < 4.78 is 0.955. The van der Waals surface area contributed by atoms with Gasteiger partial charge < -0.3 is 4.90 Å². The number of nitrogens with zero attached hydrogens (tertiary/aromatic N) is 2. The van der Waals surface area contributed by atoms with Gasteiger partial charge in [0.05, 0.1) is 0 Å². The summed E-state index contributed by atoms with van der Waals surface area (Å²) in [6.45, 7) is 3.81. The highest BCUT2D eigenvalue weighted by Crippen LogP contribution is 2.25. The predicted molar refractivity (Wildman–Crippen MR) is 99.0 cm³/mol. The van der Waals surface area contributed by atoms with Gasteiger partial charge in [-0.2, -0.15) is 0 Å². The molecule has 124 valence electrons. The van der Waals surface area contributed by atoms with E-state index in [4.69, 9.17) is 0 Å². The maximum Gasteiger partial charge on any atom is 0.253 e. The summed E-state index contributed by atoms with van der Waals surface area (Å²) in [5, 5.41) is 0. The molecule has 0 bridgehead atoms. The maximum absolute atomic E-state index is 12.7. The highest BCUT2D eigenvalue weighted by Gasteiger charge is 2.32. The van der Waals surface area contributed by atoms with E-state index in [-0.39, 0.29) is 5.91 Å². The fourth-order valence-electron chi connectivity index (χ4n) is 3.86. The van der Waals surface area contributed by atoms with Gasteiger partial charge in [-0.3, -0.25) is 9.69 Å². The number of carbonyl (C=O) groups is 1. The van der Waals surface area contributed by atoms with Crippen molar-refractivity contribution in [2.24, 2.45) is 0 Å². The van der Waals surface area contributed by atoms with Gasteiger partial charge in [0.25, 0.3) is 5.91 Å². The SMILES string of the molecule is O=C(c1cccc(Br)c1)N1CCC(N2CCc3ccccc3C2)C1. The van der Waals surface area contributed by atoms with Gasteiger partial charge in [-0.25, -0.2) is 0 Å². The van der Waals surface area contributed by atoms with E-state index in [2.05, 4.69) is 45.1 Å². The number of likely N-dealkylation sites (tertiary alicyclic amines) is 1. The van der Waals surface area contributed by atoms with Gasteiger partial charge in [0.15, 0.2) is 0 Å². The molecule has 4 heteroatoms. The van der Waals surface area contributed by atoms with Crippen molar-refractivity contribution < 1.29 is 4.79 Å². The van der Waals surface area contributed by atoms with E-state index >= 15 is 0 Å². The summed E-state index contributed by atoms with van der Waals surface area (Å²) in [6, 6.07) is 16.9. The summed E-state index contributed by atoms with van der Waals surface area (Å²) in [5.74, 6) is 0.149. The maximum atomic E-state index is 12.7. The Hall–Kier alpha value is -1.65. The molecule has 24 heavy (non-hydrogen) atoms. The van der Waals surface area contributed by atoms with E-state index in [0.29, 0.717) is 6.04 Å². The van der Waals surface area contributed by atoms with Crippen molar-refractivity contribution in [1.29, 1.82) is 0 Å². The molecule has 2 heterocycles. The van der Waals surface area contributed by atoms with Gasteiger partial charge in [-0.05, 0) is 42.2 Å². The van der Waals surface area contributed by atoms with E-state index in [1.807, 2.05) is 29.2 Å². The molecule has 0 radical (unpaired) electrons. The minimum atomic E-state index is 0.149. The van der Waals surface area contributed by atoms with Gasteiger partial charge in [0.1, 0.15) is 0 Å². The zero-order valence-electron chi connectivity index (χ0n) is 13.6. The van der Waals surface area contributed by atoms with Gasteiger partial charge in [0.2, 0.25) is 0 Å². The van der Waals surface area contributed by atoms with Crippen LogP contribution in [-0.4, -0.2) is 41.4 Å². The van der Waals surface area contributed by atoms with Crippen LogP contribution in [0.4, 0.5) is 0 Å². The molecule has 0 N–H and O–H groups in total. The van der Waals surface area contributed by atoms with E-state index in [0.717, 1.165) is 49.1 Å². The average Bonchev–Trinajstić information content (AvgIpc) is 3.11. The monoisotopic (exact) mass is 384 g/mol. The predicted octanol–water partition coefficient (Wildman–Crippen LogP) is 3.72. The van der Waals surface area contributed by atoms with Gasteiger partial charge in [0, 0.05) is 42.3 Å². The molecular formula is C20H21BrN2O. The molecule has 2 aliphatic rings. The third-order valence-electron chi connectivity index (χ3n) is 5.20. The average molecular weight is 385 g/mol. The second kappa shape index (κ2) is 6.69. The smallest absolute Gasteiger partial charge is 0.253 e. The van der Waals surface area contributed by atoms with Crippen LogP contribution in [0.3, 0.4) is 0 Å². The van der Waals surface area contributed by atoms with E-state index in [9.17, 15) is 4.79 Å². The van der Waals surface area contributed by atoms with Crippen LogP contribution in [0, 0.1) is 0 Å². The Bertz CT molecular complexity index is 761. The molecule has 0 saturated carbocycles. The van der Waals surface area contributed by atoms with Gasteiger partial charge in [-0.1, -0.05) is 46.3 Å². The molecule has 1 unspecified atom stereocenters. The highest BCUT2D eigenvalue weighted by atomic mass is 79.9. The molecule has 2 aromatic rings. The van der Waals surface area contributed by atoms with Crippen molar-refractivity contribution in [3.63, 3.8) is 0 Å². The molecule has 2 aromatic carbocycles. The first-order chi connectivity index (χ1) is 11.7. The van der Waals surface area contributed by atoms with Crippen molar-refractivity contribution in [2.75, 3.05) is 19.6 Å². The topological polar surface area (TPSA) is 23.6 Å². The standard InChI is InChI=1S/C20H21BrN2O/c21-18-7-3-6-16(12-18)20(24)23-11-9-19(14-23)22-10-8-15-4-1-2-5-17(15)13-22/h1-7,12,19H,8-11,13-14H2. The second-order valence-electron chi connectivity index (χ2n) is 6.69. The summed E-state index contributed by atoms with van der Waals surface area (Å²) in [6.07, 6.45) is 2.19. The molecule has 0 spiro atoms. The molecule has 1 saturated heterocycles. The molecule has 1 atom stereocenters. The number of hydrogen-bond acceptors (Lipinski definition) is 2. The normalized spacial score (nSPS) is 20.9. The van der Waals surface area contributed by atoms with Gasteiger partial charge >= 0.3 is 0 Å². The molecule has 0 aliphatic carbocycles. The lowest BCUT2D eigenvalue weighted by Gasteiger charge is -2.33. The van der Waals surface area contributed by atoms with Crippen molar-refractivity contribution in [2.45, 2.75) is 25.4 Å². The van der Waals surface area contributed by atoms with Crippen molar-refractivity contribution in [1.82, 2.24) is 9.80 Å².